The van der Waals surface area contributed by atoms with Gasteiger partial charge in [-0.1, -0.05) is 54.1 Å². The van der Waals surface area contributed by atoms with E-state index in [1.807, 2.05) is 30.5 Å². The molecule has 0 bridgehead atoms. The summed E-state index contributed by atoms with van der Waals surface area (Å²) >= 11 is 0. The molecule has 118 valence electrons. The molecule has 0 spiro atoms. The average molecular weight is 313 g/mol. The van der Waals surface area contributed by atoms with E-state index in [-0.39, 0.29) is 0 Å². The van der Waals surface area contributed by atoms with Crippen molar-refractivity contribution in [3.05, 3.63) is 84.1 Å². The van der Waals surface area contributed by atoms with Gasteiger partial charge >= 0.3 is 0 Å². The van der Waals surface area contributed by atoms with Crippen molar-refractivity contribution in [3.8, 4) is 11.3 Å². The molecule has 2 aromatic carbocycles. The summed E-state index contributed by atoms with van der Waals surface area (Å²) in [4.78, 5) is 4.84. The Morgan fingerprint density at radius 2 is 1.58 bits per heavy atom. The minimum atomic E-state index is 0.934. The standard InChI is InChI=1S/C21H19N3/c1-15-10-12-17(13-11-15)20-21(22-18-8-4-3-7-16(18)2)24-14-6-5-9-19(24)23-20/h3-14,22H,1-2H3. The zero-order valence-corrected chi connectivity index (χ0v) is 13.8. The summed E-state index contributed by atoms with van der Waals surface area (Å²) in [6, 6.07) is 22.9. The third-order valence-corrected chi connectivity index (χ3v) is 4.25. The van der Waals surface area contributed by atoms with Gasteiger partial charge in [0.2, 0.25) is 0 Å². The number of anilines is 2. The van der Waals surface area contributed by atoms with Crippen LogP contribution in [0.25, 0.3) is 16.9 Å². The maximum Gasteiger partial charge on any atom is 0.143 e. The molecule has 0 saturated carbocycles. The number of nitrogens with zero attached hydrogens (tertiary/aromatic N) is 2. The lowest BCUT2D eigenvalue weighted by Gasteiger charge is -2.11. The van der Waals surface area contributed by atoms with Crippen molar-refractivity contribution in [1.29, 1.82) is 0 Å². The Morgan fingerprint density at radius 3 is 2.38 bits per heavy atom. The van der Waals surface area contributed by atoms with Gasteiger partial charge in [-0.05, 0) is 37.6 Å². The van der Waals surface area contributed by atoms with Crippen molar-refractivity contribution < 1.29 is 0 Å². The van der Waals surface area contributed by atoms with Gasteiger partial charge in [0.25, 0.3) is 0 Å². The van der Waals surface area contributed by atoms with Crippen LogP contribution in [0.1, 0.15) is 11.1 Å². The maximum absolute atomic E-state index is 4.84. The largest absolute Gasteiger partial charge is 0.339 e. The molecule has 0 radical (unpaired) electrons. The Morgan fingerprint density at radius 1 is 0.833 bits per heavy atom. The van der Waals surface area contributed by atoms with Gasteiger partial charge in [-0.3, -0.25) is 4.40 Å². The van der Waals surface area contributed by atoms with Crippen LogP contribution in [0.4, 0.5) is 11.5 Å². The van der Waals surface area contributed by atoms with Crippen molar-refractivity contribution in [2.75, 3.05) is 5.32 Å². The Kier molecular flexibility index (Phi) is 3.54. The highest BCUT2D eigenvalue weighted by molar-refractivity contribution is 5.80. The van der Waals surface area contributed by atoms with Gasteiger partial charge in [0, 0.05) is 17.4 Å². The topological polar surface area (TPSA) is 29.3 Å². The molecule has 1 N–H and O–H groups in total. The summed E-state index contributed by atoms with van der Waals surface area (Å²) in [5.41, 5.74) is 6.56. The molecular weight excluding hydrogens is 294 g/mol. The minimum Gasteiger partial charge on any atom is -0.339 e. The second-order valence-electron chi connectivity index (χ2n) is 6.04. The number of hydrogen-bond acceptors (Lipinski definition) is 2. The van der Waals surface area contributed by atoms with Crippen LogP contribution in [0, 0.1) is 13.8 Å². The second-order valence-corrected chi connectivity index (χ2v) is 6.04. The third kappa shape index (κ3) is 2.54. The van der Waals surface area contributed by atoms with Gasteiger partial charge in [-0.25, -0.2) is 4.98 Å². The van der Waals surface area contributed by atoms with E-state index in [4.69, 9.17) is 4.98 Å². The molecular formula is C21H19N3. The molecule has 0 aliphatic rings. The fraction of sp³-hybridized carbons (Fsp3) is 0.0952. The molecule has 3 nitrogen and oxygen atoms in total. The number of aryl methyl sites for hydroxylation is 2. The molecule has 4 aromatic rings. The zero-order valence-electron chi connectivity index (χ0n) is 13.8. The lowest BCUT2D eigenvalue weighted by Crippen LogP contribution is -1.98. The molecule has 2 aromatic heterocycles. The number of fused-ring (bicyclic) bond motifs is 1. The van der Waals surface area contributed by atoms with Gasteiger partial charge in [-0.2, -0.15) is 0 Å². The fourth-order valence-corrected chi connectivity index (χ4v) is 2.87. The summed E-state index contributed by atoms with van der Waals surface area (Å²) in [5.74, 6) is 0.990. The van der Waals surface area contributed by atoms with Gasteiger partial charge in [0.1, 0.15) is 17.2 Å². The van der Waals surface area contributed by atoms with E-state index in [0.717, 1.165) is 28.4 Å². The summed E-state index contributed by atoms with van der Waals surface area (Å²) in [6.07, 6.45) is 2.04. The number of rotatable bonds is 3. The summed E-state index contributed by atoms with van der Waals surface area (Å²) in [7, 11) is 0. The van der Waals surface area contributed by atoms with E-state index in [0.29, 0.717) is 0 Å². The van der Waals surface area contributed by atoms with E-state index in [1.54, 1.807) is 0 Å². The molecule has 3 heteroatoms. The highest BCUT2D eigenvalue weighted by atomic mass is 15.1. The smallest absolute Gasteiger partial charge is 0.143 e. The normalized spacial score (nSPS) is 10.9. The number of aromatic nitrogens is 2. The Labute approximate surface area is 141 Å². The quantitative estimate of drug-likeness (QED) is 0.551. The van der Waals surface area contributed by atoms with Crippen molar-refractivity contribution in [1.82, 2.24) is 9.38 Å². The zero-order chi connectivity index (χ0) is 16.5. The monoisotopic (exact) mass is 313 g/mol. The molecule has 0 aliphatic carbocycles. The van der Waals surface area contributed by atoms with Gasteiger partial charge in [0.15, 0.2) is 0 Å². The number of imidazole rings is 1. The van der Waals surface area contributed by atoms with Crippen molar-refractivity contribution in [2.45, 2.75) is 13.8 Å². The molecule has 0 amide bonds. The van der Waals surface area contributed by atoms with Gasteiger partial charge in [-0.15, -0.1) is 0 Å². The lowest BCUT2D eigenvalue weighted by molar-refractivity contribution is 1.18. The van der Waals surface area contributed by atoms with Crippen molar-refractivity contribution in [2.24, 2.45) is 0 Å². The summed E-state index contributed by atoms with van der Waals surface area (Å²) < 4.78 is 2.10. The Hall–Kier alpha value is -3.07. The van der Waals surface area contributed by atoms with E-state index < -0.39 is 0 Å². The Balaban J connectivity index is 1.90. The van der Waals surface area contributed by atoms with Crippen LogP contribution in [0.5, 0.6) is 0 Å². The van der Waals surface area contributed by atoms with Crippen molar-refractivity contribution in [3.63, 3.8) is 0 Å². The SMILES string of the molecule is Cc1ccc(-c2nc3ccccn3c2Nc2ccccc2C)cc1. The average Bonchev–Trinajstić information content (AvgIpc) is 2.96. The Bertz CT molecular complexity index is 997. The number of nitrogens with one attached hydrogen (secondary N) is 1. The lowest BCUT2D eigenvalue weighted by atomic mass is 10.1. The molecule has 0 unspecified atom stereocenters. The van der Waals surface area contributed by atoms with Crippen LogP contribution in [0.15, 0.2) is 72.9 Å². The molecule has 0 fully saturated rings. The predicted octanol–water partition coefficient (Wildman–Crippen LogP) is 5.36. The first kappa shape index (κ1) is 14.5. The first-order valence-corrected chi connectivity index (χ1v) is 8.09. The molecule has 4 rings (SSSR count). The molecule has 2 heterocycles. The van der Waals surface area contributed by atoms with Crippen LogP contribution >= 0.6 is 0 Å². The highest BCUT2D eigenvalue weighted by Crippen LogP contribution is 2.32. The number of pyridine rings is 1. The second kappa shape index (κ2) is 5.85. The molecule has 0 atom stereocenters. The van der Waals surface area contributed by atoms with Crippen LogP contribution in [-0.4, -0.2) is 9.38 Å². The number of hydrogen-bond donors (Lipinski definition) is 1. The first-order chi connectivity index (χ1) is 11.7. The van der Waals surface area contributed by atoms with Crippen molar-refractivity contribution >= 4 is 17.2 Å². The van der Waals surface area contributed by atoms with Crippen LogP contribution in [0.2, 0.25) is 0 Å². The third-order valence-electron chi connectivity index (χ3n) is 4.25. The maximum atomic E-state index is 4.84. The van der Waals surface area contributed by atoms with E-state index in [9.17, 15) is 0 Å². The fourth-order valence-electron chi connectivity index (χ4n) is 2.87. The van der Waals surface area contributed by atoms with Crippen LogP contribution < -0.4 is 5.32 Å². The first-order valence-electron chi connectivity index (χ1n) is 8.09. The minimum absolute atomic E-state index is 0.934. The predicted molar refractivity (Wildman–Crippen MR) is 99.8 cm³/mol. The molecule has 0 saturated heterocycles. The molecule has 0 aliphatic heterocycles. The van der Waals surface area contributed by atoms with E-state index in [2.05, 4.69) is 66.0 Å². The number of benzene rings is 2. The summed E-state index contributed by atoms with van der Waals surface area (Å²) in [6.45, 7) is 4.21. The highest BCUT2D eigenvalue weighted by Gasteiger charge is 2.14. The van der Waals surface area contributed by atoms with Crippen LogP contribution in [0.3, 0.4) is 0 Å². The van der Waals surface area contributed by atoms with E-state index >= 15 is 0 Å². The van der Waals surface area contributed by atoms with Gasteiger partial charge < -0.3 is 5.32 Å². The molecule has 24 heavy (non-hydrogen) atoms. The number of para-hydroxylation sites is 1. The van der Waals surface area contributed by atoms with Crippen LogP contribution in [-0.2, 0) is 0 Å². The van der Waals surface area contributed by atoms with Gasteiger partial charge in [0.05, 0.1) is 0 Å². The summed E-state index contributed by atoms with van der Waals surface area (Å²) in [5, 5.41) is 3.58. The van der Waals surface area contributed by atoms with E-state index in [1.165, 1.54) is 11.1 Å².